The summed E-state index contributed by atoms with van der Waals surface area (Å²) in [5, 5.41) is 0.430. The zero-order valence-electron chi connectivity index (χ0n) is 14.5. The van der Waals surface area contributed by atoms with Crippen molar-refractivity contribution in [3.63, 3.8) is 0 Å². The molecule has 1 atom stereocenters. The fourth-order valence-electron chi connectivity index (χ4n) is 2.61. The summed E-state index contributed by atoms with van der Waals surface area (Å²) in [7, 11) is 3.23. The minimum absolute atomic E-state index is 0. The van der Waals surface area contributed by atoms with Crippen LogP contribution in [0.25, 0.3) is 11.0 Å². The maximum atomic E-state index is 12.7. The topological polar surface area (TPSA) is 115 Å². The summed E-state index contributed by atoms with van der Waals surface area (Å²) in [6.45, 7) is 3.86. The molecule has 2 aromatic heterocycles. The van der Waals surface area contributed by atoms with Gasteiger partial charge in [-0.15, -0.1) is 0 Å². The summed E-state index contributed by atoms with van der Waals surface area (Å²) in [5.74, 6) is 1.78. The van der Waals surface area contributed by atoms with E-state index < -0.39 is 11.2 Å². The first-order chi connectivity index (χ1) is 11.5. The van der Waals surface area contributed by atoms with Gasteiger partial charge in [-0.3, -0.25) is 9.97 Å². The second-order valence-electron chi connectivity index (χ2n) is 5.46. The van der Waals surface area contributed by atoms with Gasteiger partial charge in [0.2, 0.25) is 0 Å². The van der Waals surface area contributed by atoms with Crippen molar-refractivity contribution in [1.29, 1.82) is 0 Å². The van der Waals surface area contributed by atoms with Crippen molar-refractivity contribution in [2.45, 2.75) is 24.8 Å². The summed E-state index contributed by atoms with van der Waals surface area (Å²) in [6.07, 6.45) is 1.74. The molecule has 0 radical (unpaired) electrons. The monoisotopic (exact) mass is 363 g/mol. The lowest BCUT2D eigenvalue weighted by molar-refractivity contribution is 0.407. The van der Waals surface area contributed by atoms with Crippen LogP contribution in [0.5, 0.6) is 11.5 Å². The van der Waals surface area contributed by atoms with Crippen molar-refractivity contribution in [1.82, 2.24) is 15.0 Å². The smallest absolute Gasteiger partial charge is 0.322 e. The molecule has 0 amide bonds. The number of aromatic nitrogens is 3. The number of hydrogen-bond donors (Lipinski definition) is 1. The van der Waals surface area contributed by atoms with Crippen LogP contribution in [-0.2, 0) is 16.9 Å². The molecule has 7 nitrogen and oxygen atoms in total. The third-order valence-corrected chi connectivity index (χ3v) is 5.06. The number of nitrogens with one attached hydrogen (secondary N) is 1. The zero-order chi connectivity index (χ0) is 17.3. The maximum Gasteiger partial charge on any atom is 0.322 e. The number of aromatic amines is 1. The van der Waals surface area contributed by atoms with Crippen molar-refractivity contribution in [3.05, 3.63) is 41.2 Å². The molecule has 0 bridgehead atoms. The quantitative estimate of drug-likeness (QED) is 0.697. The highest BCUT2D eigenvalue weighted by molar-refractivity contribution is 7.90. The Morgan fingerprint density at radius 2 is 1.96 bits per heavy atom. The normalized spacial score (nSPS) is 11.9. The number of rotatable bonds is 5. The van der Waals surface area contributed by atoms with Gasteiger partial charge in [0.1, 0.15) is 11.5 Å². The number of hydrogen-bond acceptors (Lipinski definition) is 5. The van der Waals surface area contributed by atoms with Crippen LogP contribution in [0.15, 0.2) is 29.6 Å². The van der Waals surface area contributed by atoms with E-state index in [2.05, 4.69) is 15.0 Å². The van der Waals surface area contributed by atoms with E-state index in [1.807, 2.05) is 32.0 Å². The average molecular weight is 363 g/mol. The standard InChI is InChI=1S/C17H19N3O3S.H2O/c1-10-8-18-15(11(2)16(10)23-4)9-24(21)17-19-13-6-5-12(22-3)7-14(13)20-17;/h5-8H,9H2,1-4H3,(H,19,20);1H2. The van der Waals surface area contributed by atoms with Crippen molar-refractivity contribution in [2.75, 3.05) is 14.2 Å². The van der Waals surface area contributed by atoms with Gasteiger partial charge in [-0.05, 0) is 26.0 Å². The Hall–Kier alpha value is -2.29. The average Bonchev–Trinajstić information content (AvgIpc) is 3.01. The molecule has 0 fully saturated rings. The van der Waals surface area contributed by atoms with Crippen LogP contribution in [0.3, 0.4) is 0 Å². The summed E-state index contributed by atoms with van der Waals surface area (Å²) in [6, 6.07) is 5.51. The Labute approximate surface area is 148 Å². The van der Waals surface area contributed by atoms with E-state index in [9.17, 15) is 4.55 Å². The number of imidazole rings is 1. The fourth-order valence-corrected chi connectivity index (χ4v) is 3.71. The van der Waals surface area contributed by atoms with Gasteiger partial charge >= 0.3 is 5.16 Å². The van der Waals surface area contributed by atoms with E-state index in [4.69, 9.17) is 9.47 Å². The Morgan fingerprint density at radius 1 is 1.20 bits per heavy atom. The lowest BCUT2D eigenvalue weighted by Crippen LogP contribution is -2.10. The Morgan fingerprint density at radius 3 is 2.64 bits per heavy atom. The highest BCUT2D eigenvalue weighted by Gasteiger charge is 2.21. The molecule has 25 heavy (non-hydrogen) atoms. The summed E-state index contributed by atoms with van der Waals surface area (Å²) in [4.78, 5) is 11.9. The van der Waals surface area contributed by atoms with Crippen LogP contribution in [0.1, 0.15) is 16.8 Å². The van der Waals surface area contributed by atoms with Gasteiger partial charge in [0, 0.05) is 34.6 Å². The number of aryl methyl sites for hydroxylation is 1. The lowest BCUT2D eigenvalue weighted by atomic mass is 10.1. The van der Waals surface area contributed by atoms with E-state index in [-0.39, 0.29) is 11.2 Å². The molecule has 0 aliphatic rings. The van der Waals surface area contributed by atoms with Gasteiger partial charge in [-0.1, -0.05) is 0 Å². The first kappa shape index (κ1) is 19.0. The van der Waals surface area contributed by atoms with Crippen molar-refractivity contribution in [2.24, 2.45) is 0 Å². The number of ether oxygens (including phenoxy) is 2. The fraction of sp³-hybridized carbons (Fsp3) is 0.294. The molecule has 134 valence electrons. The van der Waals surface area contributed by atoms with Crippen LogP contribution in [0.2, 0.25) is 0 Å². The number of nitrogens with zero attached hydrogens (tertiary/aromatic N) is 2. The Kier molecular flexibility index (Phi) is 5.89. The first-order valence-corrected chi connectivity index (χ1v) is 8.76. The van der Waals surface area contributed by atoms with E-state index in [0.29, 0.717) is 10.9 Å². The van der Waals surface area contributed by atoms with Crippen LogP contribution in [0.4, 0.5) is 0 Å². The minimum atomic E-state index is -1.33. The van der Waals surface area contributed by atoms with Crippen LogP contribution >= 0.6 is 0 Å². The number of benzene rings is 1. The highest BCUT2D eigenvalue weighted by atomic mass is 32.2. The molecule has 1 aromatic carbocycles. The third kappa shape index (κ3) is 3.71. The number of H-pyrrole nitrogens is 1. The summed E-state index contributed by atoms with van der Waals surface area (Å²) in [5.41, 5.74) is 4.16. The van der Waals surface area contributed by atoms with Crippen LogP contribution in [-0.4, -0.2) is 39.2 Å². The van der Waals surface area contributed by atoms with Crippen molar-refractivity contribution >= 4 is 22.2 Å². The summed E-state index contributed by atoms with van der Waals surface area (Å²) < 4.78 is 23.3. The largest absolute Gasteiger partial charge is 0.609 e. The predicted molar refractivity (Wildman–Crippen MR) is 96.6 cm³/mol. The number of pyridine rings is 1. The zero-order valence-corrected chi connectivity index (χ0v) is 15.4. The molecule has 0 spiro atoms. The second kappa shape index (κ2) is 7.73. The minimum Gasteiger partial charge on any atom is -0.609 e. The van der Waals surface area contributed by atoms with Gasteiger partial charge in [0.05, 0.1) is 30.9 Å². The van der Waals surface area contributed by atoms with Gasteiger partial charge in [0.15, 0.2) is 5.75 Å². The molecule has 2 heterocycles. The Balaban J connectivity index is 0.00000225. The lowest BCUT2D eigenvalue weighted by Gasteiger charge is -2.13. The number of fused-ring (bicyclic) bond motifs is 1. The first-order valence-electron chi connectivity index (χ1n) is 7.44. The molecule has 0 aliphatic heterocycles. The molecule has 1 unspecified atom stereocenters. The molecule has 0 saturated carbocycles. The van der Waals surface area contributed by atoms with Crippen molar-refractivity contribution in [3.8, 4) is 11.5 Å². The van der Waals surface area contributed by atoms with E-state index in [1.54, 1.807) is 20.4 Å². The SMILES string of the molecule is COc1ccc2[nH]c([S+]([O-])Cc3ncc(C)c(OC)c3C)nc2c1.O. The van der Waals surface area contributed by atoms with Crippen molar-refractivity contribution < 1.29 is 19.5 Å². The maximum absolute atomic E-state index is 12.7. The second-order valence-corrected chi connectivity index (χ2v) is 6.83. The van der Waals surface area contributed by atoms with E-state index in [1.165, 1.54) is 0 Å². The molecular formula is C17H21N3O4S. The van der Waals surface area contributed by atoms with Gasteiger partial charge in [0.25, 0.3) is 0 Å². The van der Waals surface area contributed by atoms with Gasteiger partial charge in [-0.2, -0.15) is 4.98 Å². The van der Waals surface area contributed by atoms with E-state index >= 15 is 0 Å². The summed E-state index contributed by atoms with van der Waals surface area (Å²) >= 11 is -1.33. The van der Waals surface area contributed by atoms with Crippen LogP contribution in [0, 0.1) is 13.8 Å². The molecule has 3 aromatic rings. The molecule has 8 heteroatoms. The molecular weight excluding hydrogens is 342 g/mol. The number of methoxy groups -OCH3 is 2. The predicted octanol–water partition coefficient (Wildman–Crippen LogP) is 2.08. The molecule has 0 aliphatic carbocycles. The van der Waals surface area contributed by atoms with Crippen LogP contribution < -0.4 is 9.47 Å². The highest BCUT2D eigenvalue weighted by Crippen LogP contribution is 2.27. The van der Waals surface area contributed by atoms with E-state index in [0.717, 1.165) is 33.6 Å². The molecule has 0 saturated heterocycles. The Bertz CT molecular complexity index is 882. The molecule has 3 rings (SSSR count). The third-order valence-electron chi connectivity index (χ3n) is 3.90. The molecule has 3 N–H and O–H groups in total. The van der Waals surface area contributed by atoms with Gasteiger partial charge in [-0.25, -0.2) is 0 Å². The van der Waals surface area contributed by atoms with Gasteiger partial charge < -0.3 is 19.5 Å².